The summed E-state index contributed by atoms with van der Waals surface area (Å²) in [5, 5.41) is 2.80. The monoisotopic (exact) mass is 479 g/mol. The third-order valence-electron chi connectivity index (χ3n) is 5.58. The molecule has 2 aliphatic rings. The molecule has 0 aromatic heterocycles. The maximum Gasteiger partial charge on any atom is 0.255 e. The third-order valence-corrected chi connectivity index (χ3v) is 9.36. The van der Waals surface area contributed by atoms with Crippen LogP contribution in [-0.2, 0) is 24.8 Å². The average Bonchev–Trinajstić information content (AvgIpc) is 3.15. The number of ether oxygens (including phenoxy) is 1. The van der Waals surface area contributed by atoms with Crippen molar-refractivity contribution < 1.29 is 26.4 Å². The van der Waals surface area contributed by atoms with Crippen molar-refractivity contribution in [2.75, 3.05) is 48.2 Å². The van der Waals surface area contributed by atoms with E-state index < -0.39 is 26.0 Å². The Morgan fingerprint density at radius 1 is 1.03 bits per heavy atom. The molecular weight excluding hydrogens is 454 g/mol. The SMILES string of the molecule is Cc1ccc(N2CCCS2(=O)=O)cc1NC(=O)c1ccc(S(=O)(=O)N2CCOCC2)cc1. The summed E-state index contributed by atoms with van der Waals surface area (Å²) < 4.78 is 57.8. The summed E-state index contributed by atoms with van der Waals surface area (Å²) in [5.41, 5.74) is 2.09. The number of aryl methyl sites for hydroxylation is 1. The van der Waals surface area contributed by atoms with Gasteiger partial charge in [-0.15, -0.1) is 0 Å². The maximum absolute atomic E-state index is 12.8. The first-order valence-electron chi connectivity index (χ1n) is 10.3. The molecule has 2 saturated heterocycles. The third kappa shape index (κ3) is 4.51. The molecule has 2 heterocycles. The molecule has 11 heteroatoms. The average molecular weight is 480 g/mol. The van der Waals surface area contributed by atoms with Crippen LogP contribution >= 0.6 is 0 Å². The Bertz CT molecular complexity index is 1220. The predicted octanol–water partition coefficient (Wildman–Crippen LogP) is 1.81. The van der Waals surface area contributed by atoms with E-state index >= 15 is 0 Å². The van der Waals surface area contributed by atoms with E-state index in [0.29, 0.717) is 56.2 Å². The van der Waals surface area contributed by atoms with Crippen LogP contribution in [0, 0.1) is 6.92 Å². The van der Waals surface area contributed by atoms with Gasteiger partial charge in [0.2, 0.25) is 20.0 Å². The van der Waals surface area contributed by atoms with E-state index in [1.807, 2.05) is 6.92 Å². The summed E-state index contributed by atoms with van der Waals surface area (Å²) >= 11 is 0. The lowest BCUT2D eigenvalue weighted by Crippen LogP contribution is -2.40. The molecule has 2 aliphatic heterocycles. The van der Waals surface area contributed by atoms with Crippen molar-refractivity contribution in [2.45, 2.75) is 18.2 Å². The molecule has 0 saturated carbocycles. The largest absolute Gasteiger partial charge is 0.379 e. The zero-order valence-corrected chi connectivity index (χ0v) is 19.3. The number of carbonyl (C=O) groups is 1. The Morgan fingerprint density at radius 3 is 2.34 bits per heavy atom. The van der Waals surface area contributed by atoms with Gasteiger partial charge in [-0.3, -0.25) is 9.10 Å². The zero-order valence-electron chi connectivity index (χ0n) is 17.7. The molecule has 0 atom stereocenters. The number of anilines is 2. The molecule has 9 nitrogen and oxygen atoms in total. The van der Waals surface area contributed by atoms with Crippen molar-refractivity contribution in [2.24, 2.45) is 0 Å². The molecule has 32 heavy (non-hydrogen) atoms. The summed E-state index contributed by atoms with van der Waals surface area (Å²) in [7, 11) is -6.96. The fourth-order valence-electron chi connectivity index (χ4n) is 3.74. The smallest absolute Gasteiger partial charge is 0.255 e. The van der Waals surface area contributed by atoms with E-state index in [9.17, 15) is 21.6 Å². The molecule has 1 N–H and O–H groups in total. The summed E-state index contributed by atoms with van der Waals surface area (Å²) in [6, 6.07) is 10.9. The number of nitrogens with one attached hydrogen (secondary N) is 1. The normalized spacial score (nSPS) is 19.1. The number of rotatable bonds is 5. The van der Waals surface area contributed by atoms with Crippen molar-refractivity contribution in [3.8, 4) is 0 Å². The van der Waals surface area contributed by atoms with Gasteiger partial charge < -0.3 is 10.1 Å². The van der Waals surface area contributed by atoms with Crippen LogP contribution in [0.1, 0.15) is 22.3 Å². The molecule has 2 aromatic rings. The fourth-order valence-corrected chi connectivity index (χ4v) is 6.70. The minimum Gasteiger partial charge on any atom is -0.379 e. The molecule has 2 aromatic carbocycles. The van der Waals surface area contributed by atoms with Gasteiger partial charge in [-0.2, -0.15) is 4.31 Å². The van der Waals surface area contributed by atoms with Crippen LogP contribution in [0.2, 0.25) is 0 Å². The molecule has 1 amide bonds. The molecule has 0 spiro atoms. The van der Waals surface area contributed by atoms with E-state index in [-0.39, 0.29) is 10.6 Å². The van der Waals surface area contributed by atoms with Gasteiger partial charge in [-0.1, -0.05) is 6.07 Å². The van der Waals surface area contributed by atoms with Gasteiger partial charge in [0, 0.05) is 30.9 Å². The molecule has 2 fully saturated rings. The van der Waals surface area contributed by atoms with Crippen molar-refractivity contribution in [3.05, 3.63) is 53.6 Å². The highest BCUT2D eigenvalue weighted by Crippen LogP contribution is 2.29. The molecule has 0 radical (unpaired) electrons. The van der Waals surface area contributed by atoms with Crippen LogP contribution in [-0.4, -0.2) is 65.6 Å². The standard InChI is InChI=1S/C21H25N3O6S2/c1-16-3-6-18(24-9-2-14-31(24,26)27)15-20(16)22-21(25)17-4-7-19(8-5-17)32(28,29)23-10-12-30-13-11-23/h3-8,15H,2,9-14H2,1H3,(H,22,25). The van der Waals surface area contributed by atoms with E-state index in [2.05, 4.69) is 5.32 Å². The summed E-state index contributed by atoms with van der Waals surface area (Å²) in [4.78, 5) is 12.9. The number of hydrogen-bond acceptors (Lipinski definition) is 6. The maximum atomic E-state index is 12.8. The minimum atomic E-state index is -3.64. The summed E-state index contributed by atoms with van der Waals surface area (Å²) in [6.45, 7) is 3.54. The van der Waals surface area contributed by atoms with Gasteiger partial charge in [-0.25, -0.2) is 16.8 Å². The molecule has 4 rings (SSSR count). The lowest BCUT2D eigenvalue weighted by molar-refractivity contribution is 0.0730. The molecule has 172 valence electrons. The predicted molar refractivity (Wildman–Crippen MR) is 121 cm³/mol. The number of nitrogens with zero attached hydrogens (tertiary/aromatic N) is 2. The van der Waals surface area contributed by atoms with Gasteiger partial charge in [-0.05, 0) is 55.3 Å². The quantitative estimate of drug-likeness (QED) is 0.700. The number of amides is 1. The molecular formula is C21H25N3O6S2. The number of morpholine rings is 1. The van der Waals surface area contributed by atoms with Crippen LogP contribution in [0.4, 0.5) is 11.4 Å². The lowest BCUT2D eigenvalue weighted by atomic mass is 10.1. The summed E-state index contributed by atoms with van der Waals surface area (Å²) in [5.74, 6) is -0.299. The number of carbonyl (C=O) groups excluding carboxylic acids is 1. The second kappa shape index (κ2) is 8.81. The highest BCUT2D eigenvalue weighted by molar-refractivity contribution is 7.93. The fraction of sp³-hybridized carbons (Fsp3) is 0.381. The van der Waals surface area contributed by atoms with Crippen molar-refractivity contribution in [3.63, 3.8) is 0 Å². The van der Waals surface area contributed by atoms with Crippen LogP contribution in [0.15, 0.2) is 47.4 Å². The van der Waals surface area contributed by atoms with Crippen LogP contribution < -0.4 is 9.62 Å². The summed E-state index contributed by atoms with van der Waals surface area (Å²) in [6.07, 6.45) is 0.567. The topological polar surface area (TPSA) is 113 Å². The first kappa shape index (κ1) is 22.7. The van der Waals surface area contributed by atoms with E-state index in [4.69, 9.17) is 4.74 Å². The lowest BCUT2D eigenvalue weighted by Gasteiger charge is -2.26. The van der Waals surface area contributed by atoms with Gasteiger partial charge in [0.25, 0.3) is 5.91 Å². The van der Waals surface area contributed by atoms with Crippen LogP contribution in [0.3, 0.4) is 0 Å². The number of sulfonamides is 2. The number of hydrogen-bond donors (Lipinski definition) is 1. The number of benzene rings is 2. The first-order chi connectivity index (χ1) is 15.2. The van der Waals surface area contributed by atoms with Gasteiger partial charge >= 0.3 is 0 Å². The van der Waals surface area contributed by atoms with Gasteiger partial charge in [0.15, 0.2) is 0 Å². The Morgan fingerprint density at radius 2 is 1.72 bits per heavy atom. The highest BCUT2D eigenvalue weighted by Gasteiger charge is 2.29. The Balaban J connectivity index is 1.51. The highest BCUT2D eigenvalue weighted by atomic mass is 32.2. The second-order valence-electron chi connectivity index (χ2n) is 7.74. The minimum absolute atomic E-state index is 0.113. The van der Waals surface area contributed by atoms with Crippen molar-refractivity contribution in [1.82, 2.24) is 4.31 Å². The van der Waals surface area contributed by atoms with Gasteiger partial charge in [0.05, 0.1) is 29.5 Å². The molecule has 0 bridgehead atoms. The van der Waals surface area contributed by atoms with Crippen LogP contribution in [0.25, 0.3) is 0 Å². The van der Waals surface area contributed by atoms with E-state index in [0.717, 1.165) is 5.56 Å². The van der Waals surface area contributed by atoms with Crippen LogP contribution in [0.5, 0.6) is 0 Å². The Labute approximate surface area is 188 Å². The van der Waals surface area contributed by atoms with Crippen molar-refractivity contribution >= 4 is 37.3 Å². The van der Waals surface area contributed by atoms with E-state index in [1.165, 1.54) is 32.9 Å². The second-order valence-corrected chi connectivity index (χ2v) is 11.7. The van der Waals surface area contributed by atoms with Gasteiger partial charge in [0.1, 0.15) is 0 Å². The van der Waals surface area contributed by atoms with Crippen molar-refractivity contribution in [1.29, 1.82) is 0 Å². The zero-order chi connectivity index (χ0) is 22.9. The Hall–Kier alpha value is -2.47. The molecule has 0 aliphatic carbocycles. The Kier molecular flexibility index (Phi) is 6.26. The first-order valence-corrected chi connectivity index (χ1v) is 13.3. The molecule has 0 unspecified atom stereocenters. The van der Waals surface area contributed by atoms with E-state index in [1.54, 1.807) is 18.2 Å².